The standard InChI is InChI=1S/C59H38N4O/c1-3-16-37(17-4-1)49-36-50(62-59(61-49)41-20-15-21-42(34-41)63-51-27-12-8-22-43(51)44-23-9-13-28-52(44)63)38-30-32-39(33-31-38)55-56-45-24-7-11-26-48(45)60-58(40-18-5-2-6-19-40)47(56)35-54-57(55)46-25-10-14-29-53(46)64-54/h1-36,50H,(H,61,62). The highest BCUT2D eigenvalue weighted by molar-refractivity contribution is 6.27. The maximum Gasteiger partial charge on any atom is 0.136 e. The van der Waals surface area contributed by atoms with Gasteiger partial charge in [0.05, 0.1) is 28.3 Å². The van der Waals surface area contributed by atoms with Crippen LogP contribution in [0.1, 0.15) is 22.7 Å². The van der Waals surface area contributed by atoms with Crippen LogP contribution in [-0.4, -0.2) is 15.4 Å². The first kappa shape index (κ1) is 36.1. The van der Waals surface area contributed by atoms with Crippen molar-refractivity contribution in [1.29, 1.82) is 0 Å². The van der Waals surface area contributed by atoms with Gasteiger partial charge in [-0.1, -0.05) is 170 Å². The van der Waals surface area contributed by atoms with Crippen molar-refractivity contribution in [3.63, 3.8) is 0 Å². The van der Waals surface area contributed by atoms with Gasteiger partial charge in [-0.2, -0.15) is 0 Å². The lowest BCUT2D eigenvalue weighted by atomic mass is 9.89. The zero-order valence-corrected chi connectivity index (χ0v) is 34.6. The number of furan rings is 1. The molecule has 1 N–H and O–H groups in total. The molecule has 0 amide bonds. The molecule has 0 bridgehead atoms. The highest BCUT2D eigenvalue weighted by Crippen LogP contribution is 2.46. The van der Waals surface area contributed by atoms with Crippen molar-refractivity contribution in [2.24, 2.45) is 4.99 Å². The number of aromatic nitrogens is 2. The second-order valence-electron chi connectivity index (χ2n) is 16.5. The zero-order valence-electron chi connectivity index (χ0n) is 34.6. The van der Waals surface area contributed by atoms with Crippen molar-refractivity contribution in [3.05, 3.63) is 235 Å². The van der Waals surface area contributed by atoms with E-state index in [1.165, 1.54) is 21.8 Å². The monoisotopic (exact) mass is 818 g/mol. The van der Waals surface area contributed by atoms with E-state index in [-0.39, 0.29) is 6.04 Å². The average Bonchev–Trinajstić information content (AvgIpc) is 3.92. The Balaban J connectivity index is 0.982. The Labute approximate surface area is 368 Å². The normalized spacial score (nSPS) is 14.1. The number of nitrogens with zero attached hydrogens (tertiary/aromatic N) is 3. The highest BCUT2D eigenvalue weighted by Gasteiger charge is 2.24. The van der Waals surface area contributed by atoms with Gasteiger partial charge in [-0.25, -0.2) is 4.98 Å². The van der Waals surface area contributed by atoms with Crippen molar-refractivity contribution < 1.29 is 4.42 Å². The Morgan fingerprint density at radius 2 is 1.08 bits per heavy atom. The number of fused-ring (bicyclic) bond motifs is 9. The van der Waals surface area contributed by atoms with Crippen LogP contribution in [0, 0.1) is 0 Å². The van der Waals surface area contributed by atoms with Gasteiger partial charge in [0.15, 0.2) is 0 Å². The molecule has 0 radical (unpaired) electrons. The maximum absolute atomic E-state index is 6.66. The molecule has 0 saturated heterocycles. The van der Waals surface area contributed by atoms with Crippen molar-refractivity contribution in [3.8, 4) is 28.1 Å². The van der Waals surface area contributed by atoms with Gasteiger partial charge in [0, 0.05) is 65.8 Å². The van der Waals surface area contributed by atoms with Crippen molar-refractivity contribution >= 4 is 77.0 Å². The number of hydrogen-bond donors (Lipinski definition) is 1. The van der Waals surface area contributed by atoms with Crippen molar-refractivity contribution in [2.45, 2.75) is 6.04 Å². The van der Waals surface area contributed by atoms with Gasteiger partial charge in [0.2, 0.25) is 0 Å². The van der Waals surface area contributed by atoms with Crippen LogP contribution < -0.4 is 5.32 Å². The smallest absolute Gasteiger partial charge is 0.136 e. The van der Waals surface area contributed by atoms with Crippen LogP contribution in [-0.2, 0) is 0 Å². The summed E-state index contributed by atoms with van der Waals surface area (Å²) in [6.07, 6.45) is 2.25. The maximum atomic E-state index is 6.66. The first-order chi connectivity index (χ1) is 31.7. The molecule has 12 aromatic rings. The molecular formula is C59H38N4O. The summed E-state index contributed by atoms with van der Waals surface area (Å²) in [4.78, 5) is 10.7. The summed E-state index contributed by atoms with van der Waals surface area (Å²) in [5.74, 6) is 0.825. The molecule has 4 heterocycles. The minimum Gasteiger partial charge on any atom is -0.456 e. The summed E-state index contributed by atoms with van der Waals surface area (Å²) < 4.78 is 9.02. The summed E-state index contributed by atoms with van der Waals surface area (Å²) >= 11 is 0. The molecular weight excluding hydrogens is 781 g/mol. The number of amidine groups is 1. The summed E-state index contributed by atoms with van der Waals surface area (Å²) in [5.41, 5.74) is 14.6. The molecule has 3 aromatic heterocycles. The summed E-state index contributed by atoms with van der Waals surface area (Å²) in [5, 5.41) is 11.7. The third-order valence-corrected chi connectivity index (χ3v) is 12.8. The van der Waals surface area contributed by atoms with Crippen molar-refractivity contribution in [1.82, 2.24) is 14.9 Å². The molecule has 1 unspecified atom stereocenters. The molecule has 13 rings (SSSR count). The number of nitrogens with one attached hydrogen (secondary N) is 1. The fourth-order valence-corrected chi connectivity index (χ4v) is 9.90. The number of benzene rings is 9. The minimum absolute atomic E-state index is 0.241. The lowest BCUT2D eigenvalue weighted by Crippen LogP contribution is -2.27. The summed E-state index contributed by atoms with van der Waals surface area (Å²) in [6.45, 7) is 0. The number of hydrogen-bond acceptors (Lipinski definition) is 4. The van der Waals surface area contributed by atoms with E-state index in [2.05, 4.69) is 222 Å². The van der Waals surface area contributed by atoms with Crippen LogP contribution in [0.4, 0.5) is 0 Å². The second kappa shape index (κ2) is 14.5. The molecule has 0 aliphatic carbocycles. The van der Waals surface area contributed by atoms with Crippen LogP contribution in [0.3, 0.4) is 0 Å². The Hall–Kier alpha value is -8.54. The van der Waals surface area contributed by atoms with E-state index in [0.29, 0.717) is 0 Å². The highest BCUT2D eigenvalue weighted by atomic mass is 16.3. The van der Waals surface area contributed by atoms with Gasteiger partial charge in [0.1, 0.15) is 17.0 Å². The van der Waals surface area contributed by atoms with E-state index in [9.17, 15) is 0 Å². The van der Waals surface area contributed by atoms with Crippen molar-refractivity contribution in [2.75, 3.05) is 0 Å². The predicted molar refractivity (Wildman–Crippen MR) is 265 cm³/mol. The third-order valence-electron chi connectivity index (χ3n) is 12.8. The Bertz CT molecular complexity index is 3810. The van der Waals surface area contributed by atoms with Crippen LogP contribution in [0.25, 0.3) is 99.2 Å². The molecule has 0 spiro atoms. The van der Waals surface area contributed by atoms with E-state index in [1.807, 2.05) is 6.07 Å². The van der Waals surface area contributed by atoms with Crippen LogP contribution >= 0.6 is 0 Å². The topological polar surface area (TPSA) is 55.4 Å². The molecule has 0 fully saturated rings. The molecule has 300 valence electrons. The number of para-hydroxylation sites is 4. The molecule has 9 aromatic carbocycles. The second-order valence-corrected chi connectivity index (χ2v) is 16.5. The third kappa shape index (κ3) is 5.79. The number of aliphatic imine (C=N–C) groups is 1. The molecule has 1 aliphatic rings. The molecule has 1 atom stereocenters. The van der Waals surface area contributed by atoms with E-state index >= 15 is 0 Å². The SMILES string of the molecule is C1=C(c2ccccc2)NC(c2cccc(-n3c4ccccc4c4ccccc43)c2)=NC1c1ccc(-c2c3c(cc4c(-c5ccccc5)nc5ccccc5c24)oc2ccccc23)cc1. The lowest BCUT2D eigenvalue weighted by Gasteiger charge is -2.24. The molecule has 64 heavy (non-hydrogen) atoms. The van der Waals surface area contributed by atoms with E-state index < -0.39 is 0 Å². The first-order valence-corrected chi connectivity index (χ1v) is 21.8. The fourth-order valence-electron chi connectivity index (χ4n) is 9.90. The Kier molecular flexibility index (Phi) is 8.21. The molecule has 5 heteroatoms. The number of pyridine rings is 1. The zero-order chi connectivity index (χ0) is 42.1. The van der Waals surface area contributed by atoms with Crippen LogP contribution in [0.2, 0.25) is 0 Å². The number of rotatable bonds is 6. The van der Waals surface area contributed by atoms with Gasteiger partial charge in [-0.15, -0.1) is 0 Å². The minimum atomic E-state index is -0.241. The largest absolute Gasteiger partial charge is 0.456 e. The summed E-state index contributed by atoms with van der Waals surface area (Å²) in [7, 11) is 0. The Morgan fingerprint density at radius 3 is 1.83 bits per heavy atom. The van der Waals surface area contributed by atoms with Gasteiger partial charge >= 0.3 is 0 Å². The molecule has 1 aliphatic heterocycles. The van der Waals surface area contributed by atoms with Crippen LogP contribution in [0.15, 0.2) is 228 Å². The summed E-state index contributed by atoms with van der Waals surface area (Å²) in [6, 6.07) is 74.8. The van der Waals surface area contributed by atoms with Gasteiger partial charge in [-0.3, -0.25) is 4.99 Å². The first-order valence-electron chi connectivity index (χ1n) is 21.8. The van der Waals surface area contributed by atoms with Gasteiger partial charge in [-0.05, 0) is 65.2 Å². The van der Waals surface area contributed by atoms with E-state index in [0.717, 1.165) is 99.9 Å². The predicted octanol–water partition coefficient (Wildman–Crippen LogP) is 14.9. The average molecular weight is 819 g/mol. The van der Waals surface area contributed by atoms with E-state index in [4.69, 9.17) is 14.4 Å². The molecule has 5 nitrogen and oxygen atoms in total. The van der Waals surface area contributed by atoms with Gasteiger partial charge in [0.25, 0.3) is 0 Å². The fraction of sp³-hybridized carbons (Fsp3) is 0.0169. The van der Waals surface area contributed by atoms with Crippen LogP contribution in [0.5, 0.6) is 0 Å². The van der Waals surface area contributed by atoms with Gasteiger partial charge < -0.3 is 14.3 Å². The quantitative estimate of drug-likeness (QED) is 0.170. The molecule has 0 saturated carbocycles. The Morgan fingerprint density at radius 1 is 0.453 bits per heavy atom. The van der Waals surface area contributed by atoms with E-state index in [1.54, 1.807) is 0 Å². The lowest BCUT2D eigenvalue weighted by molar-refractivity contribution is 0.669.